The third-order valence-corrected chi connectivity index (χ3v) is 4.56. The quantitative estimate of drug-likeness (QED) is 0.447. The third kappa shape index (κ3) is 3.22. The number of nitrogens with zero attached hydrogens (tertiary/aromatic N) is 2. The molecule has 1 atom stereocenters. The van der Waals surface area contributed by atoms with Crippen molar-refractivity contribution in [3.8, 4) is 5.75 Å². The fourth-order valence-electron chi connectivity index (χ4n) is 3.43. The van der Waals surface area contributed by atoms with Crippen molar-refractivity contribution in [1.82, 2.24) is 5.32 Å². The largest absolute Gasteiger partial charge is 0.488 e. The van der Waals surface area contributed by atoms with Crippen molar-refractivity contribution < 1.29 is 4.74 Å². The Morgan fingerprint density at radius 2 is 1.92 bits per heavy atom. The number of hydrogen-bond acceptors (Lipinski definition) is 2. The van der Waals surface area contributed by atoms with Gasteiger partial charge in [-0.15, -0.1) is 24.0 Å². The zero-order valence-corrected chi connectivity index (χ0v) is 16.1. The van der Waals surface area contributed by atoms with E-state index in [4.69, 9.17) is 4.74 Å². The van der Waals surface area contributed by atoms with Crippen LogP contribution in [-0.4, -0.2) is 32.2 Å². The van der Waals surface area contributed by atoms with Crippen LogP contribution < -0.4 is 15.0 Å². The Morgan fingerprint density at radius 1 is 1.17 bits per heavy atom. The third-order valence-electron chi connectivity index (χ3n) is 4.56. The van der Waals surface area contributed by atoms with Crippen LogP contribution in [0.2, 0.25) is 0 Å². The second kappa shape index (κ2) is 7.42. The van der Waals surface area contributed by atoms with E-state index in [-0.39, 0.29) is 30.1 Å². The van der Waals surface area contributed by atoms with Crippen LogP contribution in [0.25, 0.3) is 0 Å². The first-order chi connectivity index (χ1) is 11.3. The molecule has 1 N–H and O–H groups in total. The molecule has 0 fully saturated rings. The summed E-state index contributed by atoms with van der Waals surface area (Å²) in [5, 5.41) is 3.48. The summed E-state index contributed by atoms with van der Waals surface area (Å²) in [6.07, 6.45) is 2.20. The van der Waals surface area contributed by atoms with Crippen molar-refractivity contribution in [2.45, 2.75) is 18.9 Å². The van der Waals surface area contributed by atoms with Crippen molar-refractivity contribution >= 4 is 35.6 Å². The van der Waals surface area contributed by atoms with Crippen molar-refractivity contribution in [2.75, 3.05) is 25.0 Å². The maximum absolute atomic E-state index is 6.00. The Morgan fingerprint density at radius 3 is 2.71 bits per heavy atom. The van der Waals surface area contributed by atoms with Crippen LogP contribution in [0.4, 0.5) is 5.69 Å². The Balaban J connectivity index is 0.00000169. The fourth-order valence-corrected chi connectivity index (χ4v) is 3.43. The molecule has 2 aromatic carbocycles. The van der Waals surface area contributed by atoms with Crippen molar-refractivity contribution in [1.29, 1.82) is 0 Å². The van der Waals surface area contributed by atoms with E-state index in [9.17, 15) is 0 Å². The van der Waals surface area contributed by atoms with Gasteiger partial charge in [-0.05, 0) is 29.7 Å². The highest BCUT2D eigenvalue weighted by molar-refractivity contribution is 14.0. The number of hydrogen-bond donors (Lipinski definition) is 1. The van der Waals surface area contributed by atoms with E-state index in [1.165, 1.54) is 16.8 Å². The molecule has 126 valence electrons. The molecule has 0 aromatic heterocycles. The van der Waals surface area contributed by atoms with E-state index in [1.807, 2.05) is 19.2 Å². The summed E-state index contributed by atoms with van der Waals surface area (Å²) in [5.41, 5.74) is 3.94. The summed E-state index contributed by atoms with van der Waals surface area (Å²) in [5.74, 6) is 1.94. The van der Waals surface area contributed by atoms with Gasteiger partial charge in [0.15, 0.2) is 5.96 Å². The monoisotopic (exact) mass is 435 g/mol. The Bertz CT molecular complexity index is 722. The molecular weight excluding hydrogens is 413 g/mol. The molecule has 2 aliphatic heterocycles. The first-order valence-corrected chi connectivity index (χ1v) is 8.16. The number of anilines is 1. The minimum Gasteiger partial charge on any atom is -0.488 e. The summed E-state index contributed by atoms with van der Waals surface area (Å²) >= 11 is 0. The van der Waals surface area contributed by atoms with Crippen molar-refractivity contribution in [2.24, 2.45) is 4.99 Å². The molecule has 4 rings (SSSR count). The van der Waals surface area contributed by atoms with Gasteiger partial charge in [0, 0.05) is 25.7 Å². The van der Waals surface area contributed by atoms with Crippen LogP contribution in [0.5, 0.6) is 5.75 Å². The van der Waals surface area contributed by atoms with Crippen LogP contribution in [0.15, 0.2) is 53.5 Å². The second-order valence-electron chi connectivity index (χ2n) is 6.01. The number of fused-ring (bicyclic) bond motifs is 2. The first-order valence-electron chi connectivity index (χ1n) is 8.16. The Labute approximate surface area is 159 Å². The SMILES string of the molecule is CN=C(NCC1Cc2ccccc2O1)N1CCc2ccccc21.I. The second-order valence-corrected chi connectivity index (χ2v) is 6.01. The van der Waals surface area contributed by atoms with Gasteiger partial charge in [0.25, 0.3) is 0 Å². The molecule has 0 radical (unpaired) electrons. The standard InChI is InChI=1S/C19H21N3O.HI/c1-20-19(22-11-10-14-6-2-4-8-17(14)22)21-13-16-12-15-7-3-5-9-18(15)23-16;/h2-9,16H,10-13H2,1H3,(H,20,21);1H. The summed E-state index contributed by atoms with van der Waals surface area (Å²) in [6.45, 7) is 1.74. The van der Waals surface area contributed by atoms with Gasteiger partial charge >= 0.3 is 0 Å². The van der Waals surface area contributed by atoms with Crippen LogP contribution in [-0.2, 0) is 12.8 Å². The number of halogens is 1. The maximum atomic E-state index is 6.00. The summed E-state index contributed by atoms with van der Waals surface area (Å²) in [7, 11) is 1.84. The number of benzene rings is 2. The highest BCUT2D eigenvalue weighted by Crippen LogP contribution is 2.29. The maximum Gasteiger partial charge on any atom is 0.198 e. The Hall–Kier alpha value is -1.76. The van der Waals surface area contributed by atoms with Gasteiger partial charge in [0.1, 0.15) is 11.9 Å². The summed E-state index contributed by atoms with van der Waals surface area (Å²) < 4.78 is 6.00. The lowest BCUT2D eigenvalue weighted by molar-refractivity contribution is 0.235. The average Bonchev–Trinajstić information content (AvgIpc) is 3.19. The van der Waals surface area contributed by atoms with Gasteiger partial charge in [-0.2, -0.15) is 0 Å². The molecule has 2 aliphatic rings. The molecule has 0 spiro atoms. The highest BCUT2D eigenvalue weighted by atomic mass is 127. The van der Waals surface area contributed by atoms with Crippen molar-refractivity contribution in [3.63, 3.8) is 0 Å². The fraction of sp³-hybridized carbons (Fsp3) is 0.316. The van der Waals surface area contributed by atoms with Gasteiger partial charge in [-0.3, -0.25) is 4.99 Å². The molecule has 2 aromatic rings. The van der Waals surface area contributed by atoms with Crippen molar-refractivity contribution in [3.05, 3.63) is 59.7 Å². The lowest BCUT2D eigenvalue weighted by Crippen LogP contribution is -2.44. The zero-order chi connectivity index (χ0) is 15.6. The number of nitrogens with one attached hydrogen (secondary N) is 1. The highest BCUT2D eigenvalue weighted by Gasteiger charge is 2.25. The van der Waals surface area contributed by atoms with Gasteiger partial charge < -0.3 is 15.0 Å². The number of rotatable bonds is 2. The van der Waals surface area contributed by atoms with E-state index < -0.39 is 0 Å². The average molecular weight is 435 g/mol. The lowest BCUT2D eigenvalue weighted by atomic mass is 10.1. The van der Waals surface area contributed by atoms with Crippen LogP contribution >= 0.6 is 24.0 Å². The molecule has 2 heterocycles. The minimum atomic E-state index is 0. The number of ether oxygens (including phenoxy) is 1. The molecule has 4 nitrogen and oxygen atoms in total. The molecule has 0 amide bonds. The molecule has 0 bridgehead atoms. The molecule has 1 unspecified atom stereocenters. The van der Waals surface area contributed by atoms with Gasteiger partial charge in [0.2, 0.25) is 0 Å². The van der Waals surface area contributed by atoms with Crippen LogP contribution in [0, 0.1) is 0 Å². The van der Waals surface area contributed by atoms with Gasteiger partial charge in [0.05, 0.1) is 6.54 Å². The number of para-hydroxylation sites is 2. The lowest BCUT2D eigenvalue weighted by Gasteiger charge is -2.23. The predicted molar refractivity (Wildman–Crippen MR) is 109 cm³/mol. The van der Waals surface area contributed by atoms with Gasteiger partial charge in [-0.25, -0.2) is 0 Å². The topological polar surface area (TPSA) is 36.9 Å². The van der Waals surface area contributed by atoms with Gasteiger partial charge in [-0.1, -0.05) is 36.4 Å². The van der Waals surface area contributed by atoms with E-state index in [0.29, 0.717) is 0 Å². The molecule has 0 aliphatic carbocycles. The summed E-state index contributed by atoms with van der Waals surface area (Å²) in [4.78, 5) is 6.72. The molecule has 0 saturated heterocycles. The van der Waals surface area contributed by atoms with Crippen LogP contribution in [0.1, 0.15) is 11.1 Å². The van der Waals surface area contributed by atoms with Crippen LogP contribution in [0.3, 0.4) is 0 Å². The molecule has 24 heavy (non-hydrogen) atoms. The van der Waals surface area contributed by atoms with E-state index in [1.54, 1.807) is 0 Å². The predicted octanol–water partition coefficient (Wildman–Crippen LogP) is 3.25. The minimum absolute atomic E-state index is 0. The van der Waals surface area contributed by atoms with E-state index in [0.717, 1.165) is 37.6 Å². The number of guanidine groups is 1. The smallest absolute Gasteiger partial charge is 0.198 e. The molecule has 0 saturated carbocycles. The number of aliphatic imine (C=N–C) groups is 1. The normalized spacial score (nSPS) is 18.5. The Kier molecular flexibility index (Phi) is 5.28. The first kappa shape index (κ1) is 17.1. The zero-order valence-electron chi connectivity index (χ0n) is 13.7. The van der Waals surface area contributed by atoms with E-state index >= 15 is 0 Å². The summed E-state index contributed by atoms with van der Waals surface area (Å²) in [6, 6.07) is 16.8. The van der Waals surface area contributed by atoms with E-state index in [2.05, 4.69) is 51.6 Å². The molecular formula is C19H22IN3O. The molecule has 5 heteroatoms.